The first kappa shape index (κ1) is 40.2. The SMILES string of the molecule is CC1(C)c2ccccc2-c2ccc(-c3ccccc3N(c3cc(-c4ccccc4-n4c5ccccc5c5ccccc54)c4oc5ccccc5c4c3)c3ccccc3-c3ccc4ccccc4c3)cc21. The second-order valence-corrected chi connectivity index (χ2v) is 19.2. The minimum atomic E-state index is -0.148. The molecule has 0 aliphatic heterocycles. The van der Waals surface area contributed by atoms with Crippen LogP contribution in [-0.4, -0.2) is 4.57 Å². The quantitative estimate of drug-likeness (QED) is 0.159. The highest BCUT2D eigenvalue weighted by Crippen LogP contribution is 2.52. The van der Waals surface area contributed by atoms with Crippen LogP contribution in [0, 0.1) is 0 Å². The van der Waals surface area contributed by atoms with Crippen molar-refractivity contribution >= 4 is 71.6 Å². The van der Waals surface area contributed by atoms with E-state index in [1.807, 2.05) is 0 Å². The Kier molecular flexibility index (Phi) is 8.93. The zero-order valence-electron chi connectivity index (χ0n) is 38.9. The van der Waals surface area contributed by atoms with Gasteiger partial charge in [0.2, 0.25) is 0 Å². The first-order chi connectivity index (χ1) is 34.5. The van der Waals surface area contributed by atoms with E-state index in [4.69, 9.17) is 4.42 Å². The van der Waals surface area contributed by atoms with Crippen LogP contribution in [0.3, 0.4) is 0 Å². The molecule has 11 aromatic carbocycles. The fourth-order valence-electron chi connectivity index (χ4n) is 11.7. The van der Waals surface area contributed by atoms with Gasteiger partial charge in [-0.3, -0.25) is 0 Å². The number of nitrogens with zero attached hydrogens (tertiary/aromatic N) is 2. The Morgan fingerprint density at radius 3 is 1.66 bits per heavy atom. The highest BCUT2D eigenvalue weighted by molar-refractivity contribution is 6.14. The average Bonchev–Trinajstić information content (AvgIpc) is 4.04. The highest BCUT2D eigenvalue weighted by Gasteiger charge is 2.36. The zero-order valence-corrected chi connectivity index (χ0v) is 38.9. The largest absolute Gasteiger partial charge is 0.455 e. The molecule has 2 aromatic heterocycles. The van der Waals surface area contributed by atoms with Gasteiger partial charge in [0.05, 0.1) is 28.1 Å². The number of rotatable bonds is 7. The third kappa shape index (κ3) is 6.08. The maximum Gasteiger partial charge on any atom is 0.143 e. The van der Waals surface area contributed by atoms with Crippen molar-refractivity contribution in [1.29, 1.82) is 0 Å². The van der Waals surface area contributed by atoms with Gasteiger partial charge < -0.3 is 13.9 Å². The third-order valence-corrected chi connectivity index (χ3v) is 15.0. The molecule has 13 aromatic rings. The Hall–Kier alpha value is -8.92. The lowest BCUT2D eigenvalue weighted by atomic mass is 9.81. The second-order valence-electron chi connectivity index (χ2n) is 19.2. The van der Waals surface area contributed by atoms with Crippen LogP contribution in [0.15, 0.2) is 247 Å². The van der Waals surface area contributed by atoms with Crippen molar-refractivity contribution in [2.45, 2.75) is 19.3 Å². The van der Waals surface area contributed by atoms with Crippen molar-refractivity contribution < 1.29 is 4.42 Å². The molecule has 3 heteroatoms. The first-order valence-electron chi connectivity index (χ1n) is 24.2. The molecule has 0 radical (unpaired) electrons. The molecule has 0 N–H and O–H groups in total. The van der Waals surface area contributed by atoms with Crippen molar-refractivity contribution in [1.82, 2.24) is 4.57 Å². The van der Waals surface area contributed by atoms with Gasteiger partial charge >= 0.3 is 0 Å². The summed E-state index contributed by atoms with van der Waals surface area (Å²) in [4.78, 5) is 2.50. The van der Waals surface area contributed by atoms with E-state index in [9.17, 15) is 0 Å². The number of benzene rings is 11. The Labute approximate surface area is 406 Å². The summed E-state index contributed by atoms with van der Waals surface area (Å²) in [6.45, 7) is 4.73. The normalized spacial score (nSPS) is 12.8. The number of para-hydroxylation sites is 6. The lowest BCUT2D eigenvalue weighted by molar-refractivity contribution is 0.660. The zero-order chi connectivity index (χ0) is 46.5. The molecule has 1 aliphatic rings. The van der Waals surface area contributed by atoms with E-state index in [0.29, 0.717) is 0 Å². The summed E-state index contributed by atoms with van der Waals surface area (Å²) in [6.07, 6.45) is 0. The number of fused-ring (bicyclic) bond motifs is 10. The van der Waals surface area contributed by atoms with E-state index in [1.165, 1.54) is 49.4 Å². The van der Waals surface area contributed by atoms with Gasteiger partial charge in [0, 0.05) is 54.9 Å². The predicted molar refractivity (Wildman–Crippen MR) is 294 cm³/mol. The Morgan fingerprint density at radius 1 is 0.371 bits per heavy atom. The minimum absolute atomic E-state index is 0.148. The minimum Gasteiger partial charge on any atom is -0.455 e. The van der Waals surface area contributed by atoms with Crippen LogP contribution in [-0.2, 0) is 5.41 Å². The van der Waals surface area contributed by atoms with Crippen molar-refractivity contribution in [3.05, 3.63) is 254 Å². The van der Waals surface area contributed by atoms with E-state index >= 15 is 0 Å². The number of anilines is 3. The molecule has 0 unspecified atom stereocenters. The fraction of sp³-hybridized carbons (Fsp3) is 0.0448. The molecular formula is C67H46N2O. The molecule has 0 fully saturated rings. The molecule has 0 saturated heterocycles. The maximum absolute atomic E-state index is 7.02. The standard InChI is InChI=1S/C67H46N2O/c1-67(2)58-28-12-5-23-50(58)51-38-37-46(40-59(51)67)49-22-7-14-30-61(49)68(60-29-13-6-21-48(60)45-36-35-43-19-3-4-20-44(43)39-45)47-41-56(66-57(42-47)55-27-11-18-34-65(55)70-66)54-26-10-17-33-64(54)69-62-31-15-8-24-52(62)53-25-9-16-32-63(53)69/h3-42H,1-2H3. The van der Waals surface area contributed by atoms with Crippen LogP contribution in [0.2, 0.25) is 0 Å². The molecule has 0 atom stereocenters. The summed E-state index contributed by atoms with van der Waals surface area (Å²) in [6, 6.07) is 88.8. The van der Waals surface area contributed by atoms with Crippen LogP contribution >= 0.6 is 0 Å². The van der Waals surface area contributed by atoms with Gasteiger partial charge in [-0.25, -0.2) is 0 Å². The van der Waals surface area contributed by atoms with E-state index in [1.54, 1.807) is 0 Å². The molecule has 0 saturated carbocycles. The second kappa shape index (κ2) is 15.6. The van der Waals surface area contributed by atoms with Crippen molar-refractivity contribution in [3.63, 3.8) is 0 Å². The lowest BCUT2D eigenvalue weighted by Gasteiger charge is -2.31. The summed E-state index contributed by atoms with van der Waals surface area (Å²) >= 11 is 0. The summed E-state index contributed by atoms with van der Waals surface area (Å²) in [5.41, 5.74) is 20.2. The number of hydrogen-bond donors (Lipinski definition) is 0. The smallest absolute Gasteiger partial charge is 0.143 e. The van der Waals surface area contributed by atoms with Crippen LogP contribution in [0.5, 0.6) is 0 Å². The molecule has 70 heavy (non-hydrogen) atoms. The molecule has 14 rings (SSSR count). The highest BCUT2D eigenvalue weighted by atomic mass is 16.3. The molecule has 3 nitrogen and oxygen atoms in total. The number of hydrogen-bond acceptors (Lipinski definition) is 2. The van der Waals surface area contributed by atoms with Crippen molar-refractivity contribution in [2.75, 3.05) is 4.90 Å². The topological polar surface area (TPSA) is 21.3 Å². The summed E-state index contributed by atoms with van der Waals surface area (Å²) < 4.78 is 9.45. The Morgan fingerprint density at radius 2 is 0.914 bits per heavy atom. The third-order valence-electron chi connectivity index (χ3n) is 15.0. The summed E-state index contributed by atoms with van der Waals surface area (Å²) in [7, 11) is 0. The van der Waals surface area contributed by atoms with Gasteiger partial charge in [0.25, 0.3) is 0 Å². The molecule has 330 valence electrons. The molecule has 2 heterocycles. The molecular weight excluding hydrogens is 849 g/mol. The molecule has 0 spiro atoms. The fourth-order valence-corrected chi connectivity index (χ4v) is 11.7. The van der Waals surface area contributed by atoms with Crippen LogP contribution in [0.25, 0.3) is 105 Å². The number of aromatic nitrogens is 1. The van der Waals surface area contributed by atoms with Gasteiger partial charge in [0.15, 0.2) is 0 Å². The number of furan rings is 1. The summed E-state index contributed by atoms with van der Waals surface area (Å²) in [5, 5.41) is 7.01. The molecule has 0 amide bonds. The Bertz CT molecular complexity index is 4190. The monoisotopic (exact) mass is 894 g/mol. The van der Waals surface area contributed by atoms with Gasteiger partial charge in [-0.1, -0.05) is 196 Å². The van der Waals surface area contributed by atoms with E-state index in [2.05, 4.69) is 266 Å². The maximum atomic E-state index is 7.02. The summed E-state index contributed by atoms with van der Waals surface area (Å²) in [5.74, 6) is 0. The average molecular weight is 895 g/mol. The van der Waals surface area contributed by atoms with Crippen LogP contribution in [0.4, 0.5) is 17.1 Å². The van der Waals surface area contributed by atoms with Gasteiger partial charge in [0.1, 0.15) is 11.2 Å². The molecule has 0 bridgehead atoms. The van der Waals surface area contributed by atoms with Crippen molar-refractivity contribution in [2.24, 2.45) is 0 Å². The van der Waals surface area contributed by atoms with E-state index < -0.39 is 0 Å². The van der Waals surface area contributed by atoms with E-state index in [-0.39, 0.29) is 5.41 Å². The van der Waals surface area contributed by atoms with E-state index in [0.717, 1.165) is 83.5 Å². The van der Waals surface area contributed by atoms with Gasteiger partial charge in [-0.15, -0.1) is 0 Å². The van der Waals surface area contributed by atoms with Gasteiger partial charge in [-0.05, 0) is 105 Å². The predicted octanol–water partition coefficient (Wildman–Crippen LogP) is 18.6. The Balaban J connectivity index is 1.06. The van der Waals surface area contributed by atoms with Crippen molar-refractivity contribution in [3.8, 4) is 50.2 Å². The molecule has 1 aliphatic carbocycles. The lowest BCUT2D eigenvalue weighted by Crippen LogP contribution is -2.15. The van der Waals surface area contributed by atoms with Crippen LogP contribution < -0.4 is 4.90 Å². The van der Waals surface area contributed by atoms with Gasteiger partial charge in [-0.2, -0.15) is 0 Å². The van der Waals surface area contributed by atoms with Crippen LogP contribution in [0.1, 0.15) is 25.0 Å². The first-order valence-corrected chi connectivity index (χ1v) is 24.2.